The third-order valence-electron chi connectivity index (χ3n) is 5.59. The van der Waals surface area contributed by atoms with Crippen molar-refractivity contribution in [3.63, 3.8) is 0 Å². The Morgan fingerprint density at radius 1 is 1.31 bits per heavy atom. The van der Waals surface area contributed by atoms with Crippen molar-refractivity contribution in [2.45, 2.75) is 39.4 Å². The predicted octanol–water partition coefficient (Wildman–Crippen LogP) is 2.65. The minimum Gasteiger partial charge on any atom is -0.464 e. The zero-order valence-electron chi connectivity index (χ0n) is 18.3. The molecule has 11 heteroatoms. The van der Waals surface area contributed by atoms with E-state index < -0.39 is 29.3 Å². The lowest BCUT2D eigenvalue weighted by atomic mass is 10.0. The van der Waals surface area contributed by atoms with Gasteiger partial charge in [-0.3, -0.25) is 9.48 Å². The third-order valence-corrected chi connectivity index (χ3v) is 5.88. The summed E-state index contributed by atoms with van der Waals surface area (Å²) < 4.78 is 20.3. The number of amides is 3. The second-order valence-corrected chi connectivity index (χ2v) is 8.34. The van der Waals surface area contributed by atoms with E-state index in [0.717, 1.165) is 0 Å². The molecule has 3 rings (SSSR count). The summed E-state index contributed by atoms with van der Waals surface area (Å²) in [5.74, 6) is -1.84. The molecule has 2 N–H and O–H groups in total. The fourth-order valence-corrected chi connectivity index (χ4v) is 3.66. The van der Waals surface area contributed by atoms with Gasteiger partial charge in [0.25, 0.3) is 5.91 Å². The quantitative estimate of drug-likeness (QED) is 0.682. The molecule has 1 aromatic heterocycles. The first-order chi connectivity index (χ1) is 15.0. The number of ether oxygens (including phenoxy) is 1. The van der Waals surface area contributed by atoms with E-state index in [0.29, 0.717) is 24.3 Å². The van der Waals surface area contributed by atoms with Crippen LogP contribution in [-0.2, 0) is 22.6 Å². The van der Waals surface area contributed by atoms with Gasteiger partial charge in [0, 0.05) is 19.2 Å². The lowest BCUT2D eigenvalue weighted by Crippen LogP contribution is -2.56. The Labute approximate surface area is 189 Å². The standard InChI is InChI=1S/C21H25ClFN5O4/c1-5-32-19(30)21(2,3)26(4)20(31)27-8-9-28-15(11-27)16(18(24)29)17(25-28)12-6-7-14(23)13(22)10-12/h6-7,10H,5,8-9,11H2,1-4H3,(H2,24,29). The molecule has 1 aliphatic rings. The number of fused-ring (bicyclic) bond motifs is 1. The number of rotatable bonds is 5. The molecule has 0 unspecified atom stereocenters. The summed E-state index contributed by atoms with van der Waals surface area (Å²) in [4.78, 5) is 40.6. The molecule has 2 aromatic rings. The fourth-order valence-electron chi connectivity index (χ4n) is 3.48. The molecule has 9 nitrogen and oxygen atoms in total. The molecule has 32 heavy (non-hydrogen) atoms. The number of carbonyl (C=O) groups excluding carboxylic acids is 3. The molecule has 0 spiro atoms. The van der Waals surface area contributed by atoms with E-state index in [9.17, 15) is 18.8 Å². The van der Waals surface area contributed by atoms with Gasteiger partial charge in [-0.2, -0.15) is 5.10 Å². The van der Waals surface area contributed by atoms with Crippen molar-refractivity contribution >= 4 is 29.5 Å². The van der Waals surface area contributed by atoms with Crippen LogP contribution in [0.25, 0.3) is 11.3 Å². The summed E-state index contributed by atoms with van der Waals surface area (Å²) in [6.07, 6.45) is 0. The maximum absolute atomic E-state index is 13.6. The molecule has 172 valence electrons. The van der Waals surface area contributed by atoms with Crippen molar-refractivity contribution in [3.8, 4) is 11.3 Å². The summed E-state index contributed by atoms with van der Waals surface area (Å²) in [6, 6.07) is 3.61. The monoisotopic (exact) mass is 465 g/mol. The van der Waals surface area contributed by atoms with E-state index in [4.69, 9.17) is 22.1 Å². The molecule has 0 atom stereocenters. The van der Waals surface area contributed by atoms with Crippen molar-refractivity contribution in [1.29, 1.82) is 0 Å². The summed E-state index contributed by atoms with van der Waals surface area (Å²) >= 11 is 5.89. The highest BCUT2D eigenvalue weighted by molar-refractivity contribution is 6.31. The first kappa shape index (κ1) is 23.5. The number of halogens is 2. The van der Waals surface area contributed by atoms with Gasteiger partial charge in [0.2, 0.25) is 0 Å². The second kappa shape index (κ2) is 8.78. The van der Waals surface area contributed by atoms with E-state index >= 15 is 0 Å². The van der Waals surface area contributed by atoms with Gasteiger partial charge in [0.1, 0.15) is 17.1 Å². The lowest BCUT2D eigenvalue weighted by Gasteiger charge is -2.38. The van der Waals surface area contributed by atoms with Crippen molar-refractivity contribution in [1.82, 2.24) is 19.6 Å². The van der Waals surface area contributed by atoms with Crippen molar-refractivity contribution in [3.05, 3.63) is 40.3 Å². The predicted molar refractivity (Wildman–Crippen MR) is 115 cm³/mol. The number of urea groups is 1. The van der Waals surface area contributed by atoms with Crippen molar-refractivity contribution in [2.24, 2.45) is 5.73 Å². The number of hydrogen-bond donors (Lipinski definition) is 1. The van der Waals surface area contributed by atoms with Gasteiger partial charge in [-0.15, -0.1) is 0 Å². The maximum Gasteiger partial charge on any atom is 0.331 e. The number of carbonyl (C=O) groups is 3. The van der Waals surface area contributed by atoms with Gasteiger partial charge >= 0.3 is 12.0 Å². The molecular weight excluding hydrogens is 441 g/mol. The molecule has 0 aliphatic carbocycles. The molecular formula is C21H25ClFN5O4. The maximum atomic E-state index is 13.6. The molecule has 0 bridgehead atoms. The van der Waals surface area contributed by atoms with Crippen molar-refractivity contribution < 1.29 is 23.5 Å². The summed E-state index contributed by atoms with van der Waals surface area (Å²) in [5, 5.41) is 4.35. The lowest BCUT2D eigenvalue weighted by molar-refractivity contribution is -0.153. The fraction of sp³-hybridized carbons (Fsp3) is 0.429. The van der Waals surface area contributed by atoms with E-state index in [2.05, 4.69) is 5.10 Å². The zero-order chi connectivity index (χ0) is 23.8. The van der Waals surface area contributed by atoms with Crippen LogP contribution in [0.2, 0.25) is 5.02 Å². The average Bonchev–Trinajstić information content (AvgIpc) is 3.13. The van der Waals surface area contributed by atoms with Crippen LogP contribution in [0.15, 0.2) is 18.2 Å². The Morgan fingerprint density at radius 2 is 2.00 bits per heavy atom. The van der Waals surface area contributed by atoms with Crippen LogP contribution in [0.3, 0.4) is 0 Å². The number of aromatic nitrogens is 2. The van der Waals surface area contributed by atoms with Gasteiger partial charge in [0.15, 0.2) is 0 Å². The number of hydrogen-bond acceptors (Lipinski definition) is 5. The van der Waals surface area contributed by atoms with E-state index in [1.807, 2.05) is 0 Å². The third kappa shape index (κ3) is 4.14. The highest BCUT2D eigenvalue weighted by Gasteiger charge is 2.40. The zero-order valence-corrected chi connectivity index (χ0v) is 19.1. The SMILES string of the molecule is CCOC(=O)C(C)(C)N(C)C(=O)N1CCn2nc(-c3ccc(F)c(Cl)c3)c(C(N)=O)c2C1. The number of nitrogens with two attached hydrogens (primary N) is 1. The Hall–Kier alpha value is -3.14. The molecule has 3 amide bonds. The van der Waals surface area contributed by atoms with Gasteiger partial charge in [-0.05, 0) is 39.0 Å². The highest BCUT2D eigenvalue weighted by atomic mass is 35.5. The Bertz CT molecular complexity index is 1080. The summed E-state index contributed by atoms with van der Waals surface area (Å²) in [5.41, 5.74) is 5.74. The minimum absolute atomic E-state index is 0.0578. The molecule has 1 aliphatic heterocycles. The van der Waals surface area contributed by atoms with Crippen molar-refractivity contribution in [2.75, 3.05) is 20.2 Å². The molecule has 0 fully saturated rings. The van der Waals surface area contributed by atoms with Crippen LogP contribution >= 0.6 is 11.6 Å². The summed E-state index contributed by atoms with van der Waals surface area (Å²) in [7, 11) is 1.52. The minimum atomic E-state index is -1.19. The van der Waals surface area contributed by atoms with Gasteiger partial charge in [0.05, 0.1) is 36.0 Å². The Kier molecular flexibility index (Phi) is 6.45. The van der Waals surface area contributed by atoms with Crippen LogP contribution in [-0.4, -0.2) is 63.2 Å². The van der Waals surface area contributed by atoms with Crippen LogP contribution in [0, 0.1) is 5.82 Å². The topological polar surface area (TPSA) is 111 Å². The van der Waals surface area contributed by atoms with E-state index in [1.54, 1.807) is 25.5 Å². The first-order valence-electron chi connectivity index (χ1n) is 10.0. The molecule has 1 aromatic carbocycles. The Morgan fingerprint density at radius 3 is 2.59 bits per heavy atom. The number of nitrogens with zero attached hydrogens (tertiary/aromatic N) is 4. The second-order valence-electron chi connectivity index (χ2n) is 7.93. The molecule has 0 radical (unpaired) electrons. The Balaban J connectivity index is 1.93. The number of benzene rings is 1. The largest absolute Gasteiger partial charge is 0.464 e. The van der Waals surface area contributed by atoms with E-state index in [1.165, 1.54) is 35.0 Å². The molecule has 2 heterocycles. The molecule has 0 saturated carbocycles. The van der Waals surface area contributed by atoms with Crippen LogP contribution in [0.5, 0.6) is 0 Å². The van der Waals surface area contributed by atoms with Crippen LogP contribution in [0.4, 0.5) is 9.18 Å². The summed E-state index contributed by atoms with van der Waals surface area (Å²) in [6.45, 7) is 5.76. The average molecular weight is 466 g/mol. The highest BCUT2D eigenvalue weighted by Crippen LogP contribution is 2.31. The first-order valence-corrected chi connectivity index (χ1v) is 10.4. The van der Waals surface area contributed by atoms with Gasteiger partial charge in [-0.1, -0.05) is 11.6 Å². The number of esters is 1. The van der Waals surface area contributed by atoms with Crippen LogP contribution < -0.4 is 5.73 Å². The van der Waals surface area contributed by atoms with Gasteiger partial charge in [-0.25, -0.2) is 14.0 Å². The molecule has 0 saturated heterocycles. The van der Waals surface area contributed by atoms with E-state index in [-0.39, 0.29) is 29.4 Å². The number of primary amides is 1. The normalized spacial score (nSPS) is 13.5. The van der Waals surface area contributed by atoms with Crippen LogP contribution in [0.1, 0.15) is 36.8 Å². The smallest absolute Gasteiger partial charge is 0.331 e. The number of likely N-dealkylation sites (N-methyl/N-ethyl adjacent to an activating group) is 1. The van der Waals surface area contributed by atoms with Gasteiger partial charge < -0.3 is 20.3 Å².